The van der Waals surface area contributed by atoms with Crippen LogP contribution in [0.3, 0.4) is 0 Å². The molecule has 0 aliphatic heterocycles. The number of nitrogens with two attached hydrogens (primary N) is 3. The Bertz CT molecular complexity index is 140. The van der Waals surface area contributed by atoms with E-state index in [4.69, 9.17) is 17.4 Å². The van der Waals surface area contributed by atoms with Gasteiger partial charge in [-0.05, 0) is 19.9 Å². The summed E-state index contributed by atoms with van der Waals surface area (Å²) in [6.07, 6.45) is 0.680. The molecule has 0 heterocycles. The molecule has 0 radical (unpaired) electrons. The van der Waals surface area contributed by atoms with Crippen molar-refractivity contribution in [3.63, 3.8) is 0 Å². The van der Waals surface area contributed by atoms with Gasteiger partial charge >= 0.3 is 6.03 Å². The van der Waals surface area contributed by atoms with Gasteiger partial charge in [0.15, 0.2) is 0 Å². The Morgan fingerprint density at radius 2 is 1.92 bits per heavy atom. The molecule has 0 saturated carbocycles. The molecule has 72 valence electrons. The number of nitrogens with zero attached hydrogens (tertiary/aromatic N) is 2. The van der Waals surface area contributed by atoms with Gasteiger partial charge in [0.05, 0.1) is 0 Å². The van der Waals surface area contributed by atoms with Crippen LogP contribution < -0.4 is 17.4 Å². The summed E-state index contributed by atoms with van der Waals surface area (Å²) in [5.41, 5.74) is 5.25. The van der Waals surface area contributed by atoms with Gasteiger partial charge in [0, 0.05) is 13.1 Å². The third-order valence-corrected chi connectivity index (χ3v) is 1.44. The molecular formula is C6H17N5O. The van der Waals surface area contributed by atoms with Gasteiger partial charge in [-0.2, -0.15) is 0 Å². The molecule has 0 aliphatic carbocycles. The van der Waals surface area contributed by atoms with E-state index in [1.54, 1.807) is 6.92 Å². The van der Waals surface area contributed by atoms with Crippen LogP contribution in [0.5, 0.6) is 0 Å². The fraction of sp³-hybridized carbons (Fsp3) is 0.833. The van der Waals surface area contributed by atoms with Crippen LogP contribution in [0.1, 0.15) is 13.3 Å². The molecule has 0 unspecified atom stereocenters. The average molecular weight is 175 g/mol. The zero-order valence-corrected chi connectivity index (χ0v) is 7.36. The lowest BCUT2D eigenvalue weighted by Gasteiger charge is -2.22. The normalized spacial score (nSPS) is 9.67. The maximum Gasteiger partial charge on any atom is 0.348 e. The van der Waals surface area contributed by atoms with E-state index in [1.807, 2.05) is 0 Å². The SMILES string of the molecule is CCN(N)C(=O)N(N)CCCN. The molecule has 0 aromatic rings. The lowest BCUT2D eigenvalue weighted by molar-refractivity contribution is 0.156. The summed E-state index contributed by atoms with van der Waals surface area (Å²) < 4.78 is 0. The second-order valence-corrected chi connectivity index (χ2v) is 2.40. The number of amides is 2. The molecule has 0 atom stereocenters. The van der Waals surface area contributed by atoms with Gasteiger partial charge in [0.1, 0.15) is 0 Å². The fourth-order valence-corrected chi connectivity index (χ4v) is 0.658. The molecule has 0 rings (SSSR count). The van der Waals surface area contributed by atoms with Gasteiger partial charge in [0.2, 0.25) is 0 Å². The number of urea groups is 1. The first-order chi connectivity index (χ1) is 5.63. The minimum atomic E-state index is -0.383. The molecule has 0 spiro atoms. The molecule has 2 amide bonds. The molecule has 0 fully saturated rings. The van der Waals surface area contributed by atoms with Crippen LogP contribution >= 0.6 is 0 Å². The third kappa shape index (κ3) is 3.51. The number of rotatable bonds is 4. The van der Waals surface area contributed by atoms with Gasteiger partial charge in [-0.1, -0.05) is 0 Å². The highest BCUT2D eigenvalue weighted by Crippen LogP contribution is 1.89. The van der Waals surface area contributed by atoms with Crippen molar-refractivity contribution in [1.82, 2.24) is 10.0 Å². The van der Waals surface area contributed by atoms with E-state index >= 15 is 0 Å². The van der Waals surface area contributed by atoms with Crippen molar-refractivity contribution in [2.75, 3.05) is 19.6 Å². The largest absolute Gasteiger partial charge is 0.348 e. The predicted molar refractivity (Wildman–Crippen MR) is 46.5 cm³/mol. The van der Waals surface area contributed by atoms with Crippen molar-refractivity contribution >= 4 is 6.03 Å². The molecule has 0 aliphatic rings. The van der Waals surface area contributed by atoms with Crippen LogP contribution in [-0.2, 0) is 0 Å². The molecule has 6 nitrogen and oxygen atoms in total. The molecule has 0 aromatic carbocycles. The zero-order valence-electron chi connectivity index (χ0n) is 7.36. The minimum Gasteiger partial charge on any atom is -0.330 e. The third-order valence-electron chi connectivity index (χ3n) is 1.44. The Morgan fingerprint density at radius 1 is 1.33 bits per heavy atom. The monoisotopic (exact) mass is 175 g/mol. The highest BCUT2D eigenvalue weighted by atomic mass is 16.2. The van der Waals surface area contributed by atoms with Gasteiger partial charge < -0.3 is 5.73 Å². The predicted octanol–water partition coefficient (Wildman–Crippen LogP) is -1.17. The molecular weight excluding hydrogens is 158 g/mol. The van der Waals surface area contributed by atoms with Gasteiger partial charge in [-0.15, -0.1) is 0 Å². The number of hydrazine groups is 2. The number of carbonyl (C=O) groups excluding carboxylic acids is 1. The van der Waals surface area contributed by atoms with Crippen LogP contribution in [-0.4, -0.2) is 35.7 Å². The van der Waals surface area contributed by atoms with Crippen molar-refractivity contribution in [1.29, 1.82) is 0 Å². The summed E-state index contributed by atoms with van der Waals surface area (Å²) >= 11 is 0. The summed E-state index contributed by atoms with van der Waals surface area (Å²) in [4.78, 5) is 11.1. The molecule has 0 saturated heterocycles. The second-order valence-electron chi connectivity index (χ2n) is 2.40. The van der Waals surface area contributed by atoms with Gasteiger partial charge in [0.25, 0.3) is 0 Å². The highest BCUT2D eigenvalue weighted by molar-refractivity contribution is 5.72. The Balaban J connectivity index is 3.75. The number of carbonyl (C=O) groups is 1. The highest BCUT2D eigenvalue weighted by Gasteiger charge is 2.12. The zero-order chi connectivity index (χ0) is 9.56. The Hall–Kier alpha value is -0.850. The van der Waals surface area contributed by atoms with E-state index in [1.165, 1.54) is 0 Å². The maximum absolute atomic E-state index is 11.1. The van der Waals surface area contributed by atoms with Crippen LogP contribution in [0.4, 0.5) is 4.79 Å². The summed E-state index contributed by atoms with van der Waals surface area (Å²) in [6, 6.07) is -0.383. The van der Waals surface area contributed by atoms with Crippen LogP contribution in [0.15, 0.2) is 0 Å². The molecule has 12 heavy (non-hydrogen) atoms. The van der Waals surface area contributed by atoms with Crippen molar-refractivity contribution in [2.45, 2.75) is 13.3 Å². The van der Waals surface area contributed by atoms with Gasteiger partial charge in [-0.25, -0.2) is 16.5 Å². The van der Waals surface area contributed by atoms with Crippen molar-refractivity contribution in [2.24, 2.45) is 17.4 Å². The van der Waals surface area contributed by atoms with E-state index in [-0.39, 0.29) is 6.03 Å². The lowest BCUT2D eigenvalue weighted by Crippen LogP contribution is -2.50. The standard InChI is InChI=1S/C6H17N5O/c1-2-10(8)6(12)11(9)5-3-4-7/h2-5,7-9H2,1H3. The smallest absolute Gasteiger partial charge is 0.330 e. The Kier molecular flexibility index (Phi) is 5.35. The lowest BCUT2D eigenvalue weighted by atomic mass is 10.4. The summed E-state index contributed by atoms with van der Waals surface area (Å²) in [5.74, 6) is 10.7. The Labute approximate surface area is 72.2 Å². The summed E-state index contributed by atoms with van der Waals surface area (Å²) in [5, 5.41) is 2.12. The molecule has 0 aromatic heterocycles. The summed E-state index contributed by atoms with van der Waals surface area (Å²) in [7, 11) is 0. The average Bonchev–Trinajstić information content (AvgIpc) is 2.11. The summed E-state index contributed by atoms with van der Waals surface area (Å²) in [6.45, 7) is 3.16. The van der Waals surface area contributed by atoms with Crippen molar-refractivity contribution in [3.05, 3.63) is 0 Å². The quantitative estimate of drug-likeness (QED) is 0.284. The molecule has 0 bridgehead atoms. The van der Waals surface area contributed by atoms with E-state index in [0.717, 1.165) is 10.0 Å². The first kappa shape index (κ1) is 11.2. The molecule has 6 heteroatoms. The first-order valence-corrected chi connectivity index (χ1v) is 3.92. The maximum atomic E-state index is 11.1. The second kappa shape index (κ2) is 5.76. The van der Waals surface area contributed by atoms with Crippen LogP contribution in [0.25, 0.3) is 0 Å². The van der Waals surface area contributed by atoms with Crippen molar-refractivity contribution < 1.29 is 4.79 Å². The fourth-order valence-electron chi connectivity index (χ4n) is 0.658. The minimum absolute atomic E-state index is 0.383. The number of hydrogen-bond acceptors (Lipinski definition) is 4. The first-order valence-electron chi connectivity index (χ1n) is 3.92. The van der Waals surface area contributed by atoms with Crippen LogP contribution in [0.2, 0.25) is 0 Å². The molecule has 6 N–H and O–H groups in total. The topological polar surface area (TPSA) is 102 Å². The van der Waals surface area contributed by atoms with E-state index in [2.05, 4.69) is 0 Å². The van der Waals surface area contributed by atoms with Gasteiger partial charge in [-0.3, -0.25) is 10.0 Å². The van der Waals surface area contributed by atoms with Crippen LogP contribution in [0, 0.1) is 0 Å². The van der Waals surface area contributed by atoms with E-state index in [0.29, 0.717) is 26.1 Å². The van der Waals surface area contributed by atoms with E-state index < -0.39 is 0 Å². The van der Waals surface area contributed by atoms with E-state index in [9.17, 15) is 4.79 Å². The number of hydrogen-bond donors (Lipinski definition) is 3. The Morgan fingerprint density at radius 3 is 2.33 bits per heavy atom. The van der Waals surface area contributed by atoms with Crippen molar-refractivity contribution in [3.8, 4) is 0 Å².